The van der Waals surface area contributed by atoms with Crippen LogP contribution in [-0.4, -0.2) is 23.6 Å². The maximum atomic E-state index is 15.4. The van der Waals surface area contributed by atoms with E-state index < -0.39 is 27.2 Å². The zero-order valence-corrected chi connectivity index (χ0v) is 18.1. The number of oxazole rings is 1. The summed E-state index contributed by atoms with van der Waals surface area (Å²) in [6, 6.07) is 5.25. The first-order valence-corrected chi connectivity index (χ1v) is 11.4. The molecule has 0 saturated carbocycles. The standard InChI is InChI=1S/C22H19F2N3O3S/c1-11-18(14-7-12(23)8-17-13(14)5-6-27(17)31(4,28)29)15(24)9-16-19(11)20-21(25-10-30-20)22(2,3)26-16/h5-10,26H,1-4H3. The SMILES string of the molecule is Cc1c(-c2cc(F)cc3c2ccn3S(C)(=O)=O)c(F)cc2c1-c1ocnc1C(C)(C)N2. The van der Waals surface area contributed by atoms with Gasteiger partial charge >= 0.3 is 0 Å². The van der Waals surface area contributed by atoms with Gasteiger partial charge in [0.15, 0.2) is 12.2 Å². The maximum Gasteiger partial charge on any atom is 0.236 e. The first-order chi connectivity index (χ1) is 14.5. The topological polar surface area (TPSA) is 77.1 Å². The molecule has 3 heterocycles. The average Bonchev–Trinajstić information content (AvgIpc) is 3.27. The summed E-state index contributed by atoms with van der Waals surface area (Å²) in [5.74, 6) is -0.692. The number of aromatic nitrogens is 2. The van der Waals surface area contributed by atoms with Gasteiger partial charge in [-0.1, -0.05) is 0 Å². The van der Waals surface area contributed by atoms with Crippen LogP contribution >= 0.6 is 0 Å². The van der Waals surface area contributed by atoms with Crippen LogP contribution in [0.25, 0.3) is 33.4 Å². The molecule has 2 aromatic heterocycles. The number of nitrogens with one attached hydrogen (secondary N) is 1. The van der Waals surface area contributed by atoms with Crippen LogP contribution in [0.4, 0.5) is 14.5 Å². The molecule has 1 N–H and O–H groups in total. The van der Waals surface area contributed by atoms with Crippen molar-refractivity contribution in [1.82, 2.24) is 8.96 Å². The van der Waals surface area contributed by atoms with Crippen LogP contribution in [0.3, 0.4) is 0 Å². The molecule has 0 bridgehead atoms. The summed E-state index contributed by atoms with van der Waals surface area (Å²) in [7, 11) is -3.66. The molecule has 0 amide bonds. The van der Waals surface area contributed by atoms with Crippen molar-refractivity contribution >= 4 is 26.6 Å². The quantitative estimate of drug-likeness (QED) is 0.471. The van der Waals surface area contributed by atoms with E-state index in [2.05, 4.69) is 10.3 Å². The number of fused-ring (bicyclic) bond motifs is 4. The van der Waals surface area contributed by atoms with E-state index in [1.165, 1.54) is 24.7 Å². The Morgan fingerprint density at radius 1 is 1.16 bits per heavy atom. The summed E-state index contributed by atoms with van der Waals surface area (Å²) in [6.07, 6.45) is 3.71. The van der Waals surface area contributed by atoms with E-state index in [1.807, 2.05) is 13.8 Å². The second-order valence-corrected chi connectivity index (χ2v) is 10.2. The van der Waals surface area contributed by atoms with Crippen molar-refractivity contribution in [2.45, 2.75) is 26.3 Å². The van der Waals surface area contributed by atoms with Gasteiger partial charge in [-0.05, 0) is 56.2 Å². The lowest BCUT2D eigenvalue weighted by molar-refractivity contribution is 0.547. The van der Waals surface area contributed by atoms with E-state index in [9.17, 15) is 12.8 Å². The van der Waals surface area contributed by atoms with Gasteiger partial charge in [0.1, 0.15) is 17.3 Å². The highest BCUT2D eigenvalue weighted by Gasteiger charge is 2.36. The molecule has 0 atom stereocenters. The zero-order chi connectivity index (χ0) is 22.3. The number of benzene rings is 2. The third-order valence-electron chi connectivity index (χ3n) is 5.73. The highest BCUT2D eigenvalue weighted by Crippen LogP contribution is 2.48. The number of rotatable bonds is 2. The van der Waals surface area contributed by atoms with Crippen LogP contribution < -0.4 is 5.32 Å². The van der Waals surface area contributed by atoms with Gasteiger partial charge in [-0.25, -0.2) is 26.2 Å². The maximum absolute atomic E-state index is 15.4. The lowest BCUT2D eigenvalue weighted by Gasteiger charge is -2.33. The van der Waals surface area contributed by atoms with Gasteiger partial charge in [-0.15, -0.1) is 0 Å². The summed E-state index contributed by atoms with van der Waals surface area (Å²) < 4.78 is 60.8. The summed E-state index contributed by atoms with van der Waals surface area (Å²) in [4.78, 5) is 4.32. The van der Waals surface area contributed by atoms with Crippen molar-refractivity contribution in [2.24, 2.45) is 0 Å². The molecule has 6 nitrogen and oxygen atoms in total. The van der Waals surface area contributed by atoms with Gasteiger partial charge in [0, 0.05) is 28.4 Å². The van der Waals surface area contributed by atoms with Gasteiger partial charge in [-0.2, -0.15) is 0 Å². The van der Waals surface area contributed by atoms with Gasteiger partial charge < -0.3 is 9.73 Å². The first-order valence-electron chi connectivity index (χ1n) is 9.56. The fourth-order valence-corrected chi connectivity index (χ4v) is 5.23. The van der Waals surface area contributed by atoms with E-state index in [0.29, 0.717) is 33.7 Å². The average molecular weight is 443 g/mol. The minimum absolute atomic E-state index is 0.147. The fourth-order valence-electron chi connectivity index (χ4n) is 4.44. The Labute approximate surface area is 177 Å². The highest BCUT2D eigenvalue weighted by molar-refractivity contribution is 7.89. The van der Waals surface area contributed by atoms with Gasteiger partial charge in [0.2, 0.25) is 10.0 Å². The van der Waals surface area contributed by atoms with Crippen molar-refractivity contribution < 1.29 is 21.6 Å². The second-order valence-electron chi connectivity index (χ2n) is 8.32. The van der Waals surface area contributed by atoms with Crippen LogP contribution in [0, 0.1) is 18.6 Å². The van der Waals surface area contributed by atoms with Crippen LogP contribution in [0.5, 0.6) is 0 Å². The minimum Gasteiger partial charge on any atom is -0.443 e. The summed E-state index contributed by atoms with van der Waals surface area (Å²) in [5, 5.41) is 3.72. The number of hydrogen-bond donors (Lipinski definition) is 1. The Bertz CT molecular complexity index is 1500. The number of anilines is 1. The molecule has 9 heteroatoms. The molecule has 5 rings (SSSR count). The summed E-state index contributed by atoms with van der Waals surface area (Å²) >= 11 is 0. The van der Waals surface area contributed by atoms with Crippen LogP contribution in [0.1, 0.15) is 25.1 Å². The molecular formula is C22H19F2N3O3S. The third-order valence-corrected chi connectivity index (χ3v) is 6.76. The van der Waals surface area contributed by atoms with Crippen LogP contribution in [-0.2, 0) is 15.6 Å². The lowest BCUT2D eigenvalue weighted by Crippen LogP contribution is -2.32. The van der Waals surface area contributed by atoms with E-state index in [0.717, 1.165) is 16.3 Å². The lowest BCUT2D eigenvalue weighted by atomic mass is 9.85. The van der Waals surface area contributed by atoms with E-state index in [1.54, 1.807) is 13.0 Å². The van der Waals surface area contributed by atoms with Crippen molar-refractivity contribution in [3.8, 4) is 22.5 Å². The minimum atomic E-state index is -3.66. The molecular weight excluding hydrogens is 424 g/mol. The fraction of sp³-hybridized carbons (Fsp3) is 0.227. The molecule has 0 saturated heterocycles. The van der Waals surface area contributed by atoms with Crippen LogP contribution in [0.2, 0.25) is 0 Å². The number of nitrogens with zero attached hydrogens (tertiary/aromatic N) is 2. The molecule has 0 spiro atoms. The third kappa shape index (κ3) is 2.79. The molecule has 160 valence electrons. The Morgan fingerprint density at radius 2 is 1.90 bits per heavy atom. The second kappa shape index (κ2) is 6.16. The number of hydrogen-bond acceptors (Lipinski definition) is 5. The predicted molar refractivity (Wildman–Crippen MR) is 114 cm³/mol. The molecule has 0 aliphatic carbocycles. The molecule has 4 aromatic rings. The summed E-state index contributed by atoms with van der Waals surface area (Å²) in [5.41, 5.74) is 2.45. The molecule has 0 unspecified atom stereocenters. The predicted octanol–water partition coefficient (Wildman–Crippen LogP) is 5.02. The van der Waals surface area contributed by atoms with Crippen molar-refractivity contribution in [1.29, 1.82) is 0 Å². The molecule has 31 heavy (non-hydrogen) atoms. The number of halogens is 2. The Balaban J connectivity index is 1.85. The Kier molecular flexibility index (Phi) is 3.93. The highest BCUT2D eigenvalue weighted by atomic mass is 32.2. The molecule has 1 aliphatic rings. The van der Waals surface area contributed by atoms with E-state index in [-0.39, 0.29) is 16.6 Å². The van der Waals surface area contributed by atoms with Crippen LogP contribution in [0.15, 0.2) is 41.3 Å². The molecule has 1 aliphatic heterocycles. The monoisotopic (exact) mass is 443 g/mol. The Morgan fingerprint density at radius 3 is 2.61 bits per heavy atom. The van der Waals surface area contributed by atoms with Gasteiger partial charge in [0.05, 0.1) is 17.3 Å². The van der Waals surface area contributed by atoms with Crippen molar-refractivity contribution in [3.05, 3.63) is 59.7 Å². The molecule has 0 fully saturated rings. The van der Waals surface area contributed by atoms with Gasteiger partial charge in [-0.3, -0.25) is 0 Å². The van der Waals surface area contributed by atoms with E-state index in [4.69, 9.17) is 4.42 Å². The molecule has 0 radical (unpaired) electrons. The van der Waals surface area contributed by atoms with E-state index >= 15 is 4.39 Å². The molecule has 2 aromatic carbocycles. The largest absolute Gasteiger partial charge is 0.443 e. The van der Waals surface area contributed by atoms with Crippen molar-refractivity contribution in [2.75, 3.05) is 11.6 Å². The first kappa shape index (κ1) is 19.7. The van der Waals surface area contributed by atoms with Gasteiger partial charge in [0.25, 0.3) is 0 Å². The smallest absolute Gasteiger partial charge is 0.236 e. The summed E-state index contributed by atoms with van der Waals surface area (Å²) in [6.45, 7) is 5.57. The zero-order valence-electron chi connectivity index (χ0n) is 17.2. The van der Waals surface area contributed by atoms with Crippen molar-refractivity contribution in [3.63, 3.8) is 0 Å². The normalized spacial score (nSPS) is 14.9. The Hall–Kier alpha value is -3.20.